The molecule has 6 rings (SSSR count). The monoisotopic (exact) mass is 534 g/mol. The Labute approximate surface area is 225 Å². The molecular formula is C28H31ClN6O3. The van der Waals surface area contributed by atoms with E-state index in [0.29, 0.717) is 21.4 Å². The molecule has 2 aliphatic heterocycles. The van der Waals surface area contributed by atoms with Crippen molar-refractivity contribution in [1.82, 2.24) is 24.8 Å². The molecule has 4 aromatic rings. The van der Waals surface area contributed by atoms with E-state index < -0.39 is 5.60 Å². The summed E-state index contributed by atoms with van der Waals surface area (Å²) in [5.41, 5.74) is 2.46. The number of carbonyl (C=O) groups excluding carboxylic acids is 1. The summed E-state index contributed by atoms with van der Waals surface area (Å²) in [5, 5.41) is 4.87. The van der Waals surface area contributed by atoms with E-state index >= 15 is 0 Å². The van der Waals surface area contributed by atoms with E-state index in [1.807, 2.05) is 51.4 Å². The number of nitrogens with one attached hydrogen (secondary N) is 2. The molecule has 198 valence electrons. The van der Waals surface area contributed by atoms with Gasteiger partial charge in [0.25, 0.3) is 5.56 Å². The van der Waals surface area contributed by atoms with Crippen LogP contribution in [0.4, 0.5) is 10.6 Å². The van der Waals surface area contributed by atoms with Crippen molar-refractivity contribution in [1.29, 1.82) is 0 Å². The van der Waals surface area contributed by atoms with Gasteiger partial charge in [0.15, 0.2) is 5.65 Å². The fourth-order valence-electron chi connectivity index (χ4n) is 5.95. The number of ether oxygens (including phenoxy) is 1. The number of rotatable bonds is 3. The molecule has 9 nitrogen and oxygen atoms in total. The van der Waals surface area contributed by atoms with Crippen LogP contribution in [-0.2, 0) is 11.8 Å². The first-order chi connectivity index (χ1) is 18.1. The lowest BCUT2D eigenvalue weighted by molar-refractivity contribution is 0.0492. The molecule has 0 radical (unpaired) electrons. The van der Waals surface area contributed by atoms with Crippen molar-refractivity contribution >= 4 is 45.4 Å². The number of nitrogens with zero attached hydrogens (tertiary/aromatic N) is 4. The molecule has 10 heteroatoms. The number of benzene rings is 1. The molecular weight excluding hydrogens is 504 g/mol. The summed E-state index contributed by atoms with van der Waals surface area (Å²) in [6.45, 7) is 5.61. The van der Waals surface area contributed by atoms with Gasteiger partial charge in [-0.15, -0.1) is 0 Å². The van der Waals surface area contributed by atoms with Crippen molar-refractivity contribution in [2.75, 3.05) is 4.90 Å². The number of alkyl carbamates (subject to hydrolysis) is 1. The Bertz CT molecular complexity index is 1610. The minimum absolute atomic E-state index is 0.0826. The van der Waals surface area contributed by atoms with Gasteiger partial charge in [0.1, 0.15) is 16.9 Å². The first kappa shape index (κ1) is 24.7. The highest BCUT2D eigenvalue weighted by Gasteiger charge is 2.42. The number of H-pyrrole nitrogens is 1. The van der Waals surface area contributed by atoms with E-state index in [2.05, 4.69) is 15.2 Å². The molecule has 3 aromatic heterocycles. The average molecular weight is 535 g/mol. The van der Waals surface area contributed by atoms with Crippen molar-refractivity contribution < 1.29 is 9.53 Å². The lowest BCUT2D eigenvalue weighted by Gasteiger charge is -2.39. The Morgan fingerprint density at radius 2 is 1.87 bits per heavy atom. The predicted molar refractivity (Wildman–Crippen MR) is 149 cm³/mol. The van der Waals surface area contributed by atoms with Crippen LogP contribution in [0.2, 0.25) is 5.02 Å². The SMILES string of the molecule is Cn1ccc2c(Cl)c(-c3c[nH]c4nc(N5C6CCC5CC(NC(=O)OC(C)(C)C)C6)cnc34)ccc2c1=O. The Morgan fingerprint density at radius 1 is 1.13 bits per heavy atom. The predicted octanol–water partition coefficient (Wildman–Crippen LogP) is 5.15. The summed E-state index contributed by atoms with van der Waals surface area (Å²) in [6, 6.07) is 6.19. The van der Waals surface area contributed by atoms with Crippen LogP contribution in [0.3, 0.4) is 0 Å². The summed E-state index contributed by atoms with van der Waals surface area (Å²) in [7, 11) is 1.72. The van der Waals surface area contributed by atoms with Gasteiger partial charge in [-0.1, -0.05) is 17.7 Å². The summed E-state index contributed by atoms with van der Waals surface area (Å²) in [6.07, 6.45) is 8.86. The Kier molecular flexibility index (Phi) is 5.86. The zero-order valence-electron chi connectivity index (χ0n) is 21.9. The fraction of sp³-hybridized carbons (Fsp3) is 0.429. The van der Waals surface area contributed by atoms with E-state index in [9.17, 15) is 9.59 Å². The fourth-order valence-corrected chi connectivity index (χ4v) is 6.28. The third-order valence-corrected chi connectivity index (χ3v) is 7.98. The molecule has 2 aliphatic rings. The summed E-state index contributed by atoms with van der Waals surface area (Å²) in [5.74, 6) is 0.835. The molecule has 38 heavy (non-hydrogen) atoms. The van der Waals surface area contributed by atoms with Gasteiger partial charge in [-0.25, -0.2) is 14.8 Å². The normalized spacial score (nSPS) is 21.3. The molecule has 1 amide bonds. The summed E-state index contributed by atoms with van der Waals surface area (Å²) < 4.78 is 7.00. The number of halogens is 1. The maximum atomic E-state index is 12.5. The van der Waals surface area contributed by atoms with Crippen molar-refractivity contribution in [2.45, 2.75) is 70.2 Å². The molecule has 5 heterocycles. The highest BCUT2D eigenvalue weighted by Crippen LogP contribution is 2.40. The molecule has 1 aromatic carbocycles. The minimum Gasteiger partial charge on any atom is -0.444 e. The highest BCUT2D eigenvalue weighted by atomic mass is 35.5. The van der Waals surface area contributed by atoms with Gasteiger partial charge in [0, 0.05) is 59.5 Å². The van der Waals surface area contributed by atoms with Gasteiger partial charge in [0.05, 0.1) is 11.2 Å². The molecule has 0 aliphatic carbocycles. The van der Waals surface area contributed by atoms with Crippen LogP contribution >= 0.6 is 11.6 Å². The van der Waals surface area contributed by atoms with Crippen LogP contribution in [0.25, 0.3) is 33.1 Å². The number of anilines is 1. The van der Waals surface area contributed by atoms with Gasteiger partial charge in [-0.3, -0.25) is 4.79 Å². The first-order valence-corrected chi connectivity index (χ1v) is 13.4. The maximum Gasteiger partial charge on any atom is 0.407 e. The third-order valence-electron chi connectivity index (χ3n) is 7.57. The Balaban J connectivity index is 1.26. The Morgan fingerprint density at radius 3 is 2.58 bits per heavy atom. The zero-order chi connectivity index (χ0) is 26.8. The number of carbonyl (C=O) groups is 1. The van der Waals surface area contributed by atoms with E-state index in [0.717, 1.165) is 48.1 Å². The Hall–Kier alpha value is -3.59. The lowest BCUT2D eigenvalue weighted by Crippen LogP contribution is -2.51. The van der Waals surface area contributed by atoms with Gasteiger partial charge in [-0.2, -0.15) is 0 Å². The number of aromatic amines is 1. The van der Waals surface area contributed by atoms with Crippen molar-refractivity contribution in [3.05, 3.63) is 52.2 Å². The van der Waals surface area contributed by atoms with Gasteiger partial charge < -0.3 is 24.5 Å². The van der Waals surface area contributed by atoms with Crippen molar-refractivity contribution in [3.8, 4) is 11.1 Å². The number of piperidine rings is 1. The second kappa shape index (κ2) is 9.01. The molecule has 0 saturated carbocycles. The van der Waals surface area contributed by atoms with Crippen LogP contribution < -0.4 is 15.8 Å². The van der Waals surface area contributed by atoms with E-state index in [1.54, 1.807) is 17.8 Å². The third kappa shape index (κ3) is 4.28. The quantitative estimate of drug-likeness (QED) is 0.376. The number of fused-ring (bicyclic) bond motifs is 4. The van der Waals surface area contributed by atoms with Crippen LogP contribution in [0.15, 0.2) is 41.6 Å². The number of hydrogen-bond donors (Lipinski definition) is 2. The van der Waals surface area contributed by atoms with Crippen LogP contribution in [0.5, 0.6) is 0 Å². The number of aromatic nitrogens is 4. The topological polar surface area (TPSA) is 105 Å². The summed E-state index contributed by atoms with van der Waals surface area (Å²) >= 11 is 6.78. The zero-order valence-corrected chi connectivity index (χ0v) is 22.7. The smallest absolute Gasteiger partial charge is 0.407 e. The molecule has 2 unspecified atom stereocenters. The number of hydrogen-bond acceptors (Lipinski definition) is 6. The van der Waals surface area contributed by atoms with E-state index in [4.69, 9.17) is 26.3 Å². The van der Waals surface area contributed by atoms with E-state index in [-0.39, 0.29) is 29.8 Å². The molecule has 2 bridgehead atoms. The standard InChI is InChI=1S/C28H31ClN6O3/c1-28(2,3)38-27(37)32-15-11-16-5-6-17(12-15)35(16)22-14-30-24-21(13-31-25(24)33-22)18-7-8-20-19(23(18)29)9-10-34(4)26(20)36/h7-10,13-17H,5-6,11-12H2,1-4H3,(H,31,33)(H,32,37). The lowest BCUT2D eigenvalue weighted by atomic mass is 9.97. The molecule has 2 saturated heterocycles. The molecule has 2 atom stereocenters. The number of amides is 1. The van der Waals surface area contributed by atoms with Gasteiger partial charge >= 0.3 is 6.09 Å². The van der Waals surface area contributed by atoms with E-state index in [1.165, 1.54) is 0 Å². The number of pyridine rings is 1. The minimum atomic E-state index is -0.516. The molecule has 0 spiro atoms. The van der Waals surface area contributed by atoms with Gasteiger partial charge in [-0.05, 0) is 58.6 Å². The van der Waals surface area contributed by atoms with Gasteiger partial charge in [0.2, 0.25) is 0 Å². The first-order valence-electron chi connectivity index (χ1n) is 13.0. The largest absolute Gasteiger partial charge is 0.444 e. The van der Waals surface area contributed by atoms with Crippen molar-refractivity contribution in [2.24, 2.45) is 7.05 Å². The second-order valence-corrected chi connectivity index (χ2v) is 11.7. The van der Waals surface area contributed by atoms with Crippen LogP contribution in [0, 0.1) is 0 Å². The van der Waals surface area contributed by atoms with Crippen LogP contribution in [0.1, 0.15) is 46.5 Å². The average Bonchev–Trinajstić information content (AvgIpc) is 3.38. The summed E-state index contributed by atoms with van der Waals surface area (Å²) in [4.78, 5) is 40.2. The molecule has 2 N–H and O–H groups in total. The van der Waals surface area contributed by atoms with Crippen LogP contribution in [-0.4, -0.2) is 49.3 Å². The highest BCUT2D eigenvalue weighted by molar-refractivity contribution is 6.38. The molecule has 2 fully saturated rings. The number of aryl methyl sites for hydroxylation is 1. The second-order valence-electron chi connectivity index (χ2n) is 11.4. The maximum absolute atomic E-state index is 12.5. The van der Waals surface area contributed by atoms with Crippen molar-refractivity contribution in [3.63, 3.8) is 0 Å².